The van der Waals surface area contributed by atoms with Gasteiger partial charge in [-0.2, -0.15) is 0 Å². The SMILES string of the molecule is COc1cccc(OCCNC(=O)c2ccc3c(c2)CCCN3S(C)(=O)=O)c1. The number of hydrogen-bond acceptors (Lipinski definition) is 5. The van der Waals surface area contributed by atoms with Crippen molar-refractivity contribution in [3.8, 4) is 11.5 Å². The Morgan fingerprint density at radius 1 is 1.18 bits per heavy atom. The molecular formula is C20H24N2O5S. The molecule has 0 radical (unpaired) electrons. The van der Waals surface area contributed by atoms with E-state index in [0.29, 0.717) is 42.4 Å². The number of amides is 1. The highest BCUT2D eigenvalue weighted by molar-refractivity contribution is 7.92. The number of anilines is 1. The van der Waals surface area contributed by atoms with Gasteiger partial charge in [-0.15, -0.1) is 0 Å². The summed E-state index contributed by atoms with van der Waals surface area (Å²) in [4.78, 5) is 12.4. The number of carbonyl (C=O) groups excluding carboxylic acids is 1. The molecule has 8 heteroatoms. The average Bonchev–Trinajstić information content (AvgIpc) is 2.69. The van der Waals surface area contributed by atoms with Crippen LogP contribution in [0.1, 0.15) is 22.3 Å². The van der Waals surface area contributed by atoms with Crippen molar-refractivity contribution in [1.29, 1.82) is 0 Å². The van der Waals surface area contributed by atoms with Crippen LogP contribution in [0.5, 0.6) is 11.5 Å². The Balaban J connectivity index is 1.58. The van der Waals surface area contributed by atoms with Gasteiger partial charge in [0.05, 0.1) is 25.6 Å². The normalized spacial score (nSPS) is 13.6. The molecule has 1 N–H and O–H groups in total. The topological polar surface area (TPSA) is 84.9 Å². The van der Waals surface area contributed by atoms with Crippen LogP contribution < -0.4 is 19.1 Å². The molecular weight excluding hydrogens is 380 g/mol. The molecule has 2 aromatic rings. The fourth-order valence-electron chi connectivity index (χ4n) is 3.17. The van der Waals surface area contributed by atoms with E-state index < -0.39 is 10.0 Å². The van der Waals surface area contributed by atoms with Crippen molar-refractivity contribution >= 4 is 21.6 Å². The van der Waals surface area contributed by atoms with E-state index in [9.17, 15) is 13.2 Å². The lowest BCUT2D eigenvalue weighted by molar-refractivity contribution is 0.0947. The maximum absolute atomic E-state index is 12.4. The molecule has 1 heterocycles. The van der Waals surface area contributed by atoms with E-state index in [2.05, 4.69) is 5.32 Å². The van der Waals surface area contributed by atoms with Gasteiger partial charge in [0.15, 0.2) is 0 Å². The first-order valence-corrected chi connectivity index (χ1v) is 10.9. The quantitative estimate of drug-likeness (QED) is 0.716. The Kier molecular flexibility index (Phi) is 6.08. The molecule has 7 nitrogen and oxygen atoms in total. The first-order valence-electron chi connectivity index (χ1n) is 9.04. The van der Waals surface area contributed by atoms with E-state index >= 15 is 0 Å². The summed E-state index contributed by atoms with van der Waals surface area (Å²) >= 11 is 0. The predicted molar refractivity (Wildman–Crippen MR) is 108 cm³/mol. The number of methoxy groups -OCH3 is 1. The van der Waals surface area contributed by atoms with Gasteiger partial charge in [0.1, 0.15) is 18.1 Å². The van der Waals surface area contributed by atoms with Gasteiger partial charge >= 0.3 is 0 Å². The van der Waals surface area contributed by atoms with Crippen molar-refractivity contribution in [1.82, 2.24) is 5.32 Å². The summed E-state index contributed by atoms with van der Waals surface area (Å²) in [5.74, 6) is 1.16. The smallest absolute Gasteiger partial charge is 0.251 e. The third-order valence-electron chi connectivity index (χ3n) is 4.52. The van der Waals surface area contributed by atoms with E-state index in [1.807, 2.05) is 18.2 Å². The maximum Gasteiger partial charge on any atom is 0.251 e. The van der Waals surface area contributed by atoms with Gasteiger partial charge < -0.3 is 14.8 Å². The van der Waals surface area contributed by atoms with Crippen LogP contribution >= 0.6 is 0 Å². The Labute approximate surface area is 165 Å². The third kappa shape index (κ3) is 4.75. The Morgan fingerprint density at radius 3 is 2.71 bits per heavy atom. The minimum absolute atomic E-state index is 0.214. The van der Waals surface area contributed by atoms with Crippen LogP contribution in [0.4, 0.5) is 5.69 Å². The molecule has 0 fully saturated rings. The fraction of sp³-hybridized carbons (Fsp3) is 0.350. The molecule has 0 aliphatic carbocycles. The highest BCUT2D eigenvalue weighted by Crippen LogP contribution is 2.29. The molecule has 0 saturated heterocycles. The predicted octanol–water partition coefficient (Wildman–Crippen LogP) is 2.22. The first kappa shape index (κ1) is 20.0. The van der Waals surface area contributed by atoms with Crippen LogP contribution in [0.2, 0.25) is 0 Å². The monoisotopic (exact) mass is 404 g/mol. The molecule has 2 aromatic carbocycles. The number of fused-ring (bicyclic) bond motifs is 1. The number of nitrogens with zero attached hydrogens (tertiary/aromatic N) is 1. The van der Waals surface area contributed by atoms with Crippen molar-refractivity contribution in [2.45, 2.75) is 12.8 Å². The van der Waals surface area contributed by atoms with Gasteiger partial charge in [0.2, 0.25) is 10.0 Å². The summed E-state index contributed by atoms with van der Waals surface area (Å²) in [6, 6.07) is 12.4. The van der Waals surface area contributed by atoms with Gasteiger partial charge in [-0.05, 0) is 48.7 Å². The van der Waals surface area contributed by atoms with Crippen molar-refractivity contribution in [2.24, 2.45) is 0 Å². The number of sulfonamides is 1. The summed E-state index contributed by atoms with van der Waals surface area (Å²) in [6.07, 6.45) is 2.69. The van der Waals surface area contributed by atoms with E-state index in [1.165, 1.54) is 10.6 Å². The van der Waals surface area contributed by atoms with E-state index in [0.717, 1.165) is 18.4 Å². The molecule has 0 unspecified atom stereocenters. The zero-order valence-electron chi connectivity index (χ0n) is 16.0. The maximum atomic E-state index is 12.4. The van der Waals surface area contributed by atoms with Crippen molar-refractivity contribution in [2.75, 3.05) is 37.4 Å². The first-order chi connectivity index (χ1) is 13.4. The second kappa shape index (κ2) is 8.52. The van der Waals surface area contributed by atoms with Crippen LogP contribution in [0.15, 0.2) is 42.5 Å². The molecule has 0 atom stereocenters. The molecule has 0 bridgehead atoms. The summed E-state index contributed by atoms with van der Waals surface area (Å²) in [5, 5.41) is 2.82. The second-order valence-electron chi connectivity index (χ2n) is 6.57. The van der Waals surface area contributed by atoms with E-state index in [1.54, 1.807) is 31.4 Å². The van der Waals surface area contributed by atoms with Crippen LogP contribution in [0.25, 0.3) is 0 Å². The highest BCUT2D eigenvalue weighted by Gasteiger charge is 2.24. The average molecular weight is 404 g/mol. The molecule has 28 heavy (non-hydrogen) atoms. The van der Waals surface area contributed by atoms with Crippen molar-refractivity contribution < 1.29 is 22.7 Å². The summed E-state index contributed by atoms with van der Waals surface area (Å²) in [6.45, 7) is 1.15. The zero-order valence-corrected chi connectivity index (χ0v) is 16.8. The molecule has 1 aliphatic heterocycles. The lowest BCUT2D eigenvalue weighted by Crippen LogP contribution is -2.35. The number of hydrogen-bond donors (Lipinski definition) is 1. The van der Waals surface area contributed by atoms with E-state index in [-0.39, 0.29) is 5.91 Å². The number of aryl methyl sites for hydroxylation is 1. The van der Waals surface area contributed by atoms with Crippen LogP contribution in [-0.4, -0.2) is 47.4 Å². The Bertz CT molecular complexity index is 959. The molecule has 1 amide bonds. The minimum atomic E-state index is -3.31. The number of nitrogens with one attached hydrogen (secondary N) is 1. The zero-order chi connectivity index (χ0) is 20.1. The molecule has 0 aromatic heterocycles. The number of carbonyl (C=O) groups is 1. The van der Waals surface area contributed by atoms with E-state index in [4.69, 9.17) is 9.47 Å². The second-order valence-corrected chi connectivity index (χ2v) is 8.47. The molecule has 1 aliphatic rings. The van der Waals surface area contributed by atoms with Crippen LogP contribution in [0, 0.1) is 0 Å². The van der Waals surface area contributed by atoms with Crippen molar-refractivity contribution in [3.63, 3.8) is 0 Å². The van der Waals surface area contributed by atoms with Gasteiger partial charge in [-0.25, -0.2) is 8.42 Å². The van der Waals surface area contributed by atoms with Gasteiger partial charge in [0.25, 0.3) is 5.91 Å². The third-order valence-corrected chi connectivity index (χ3v) is 5.70. The minimum Gasteiger partial charge on any atom is -0.497 e. The largest absolute Gasteiger partial charge is 0.497 e. The molecule has 3 rings (SSSR count). The fourth-order valence-corrected chi connectivity index (χ4v) is 4.17. The standard InChI is InChI=1S/C20H24N2O5S/c1-26-17-6-3-7-18(14-17)27-12-10-21-20(23)16-8-9-19-15(13-16)5-4-11-22(19)28(2,24)25/h3,6-9,13-14H,4-5,10-12H2,1-2H3,(H,21,23). The highest BCUT2D eigenvalue weighted by atomic mass is 32.2. The molecule has 0 saturated carbocycles. The summed E-state index contributed by atoms with van der Waals surface area (Å²) < 4.78 is 36.0. The number of benzene rings is 2. The number of ether oxygens (including phenoxy) is 2. The lowest BCUT2D eigenvalue weighted by Gasteiger charge is -2.29. The summed E-state index contributed by atoms with van der Waals surface area (Å²) in [5.41, 5.74) is 2.04. The van der Waals surface area contributed by atoms with Crippen molar-refractivity contribution in [3.05, 3.63) is 53.6 Å². The van der Waals surface area contributed by atoms with Crippen LogP contribution in [0.3, 0.4) is 0 Å². The van der Waals surface area contributed by atoms with Crippen LogP contribution in [-0.2, 0) is 16.4 Å². The molecule has 150 valence electrons. The molecule has 0 spiro atoms. The Morgan fingerprint density at radius 2 is 1.96 bits per heavy atom. The lowest BCUT2D eigenvalue weighted by atomic mass is 10.0. The number of rotatable bonds is 7. The summed E-state index contributed by atoms with van der Waals surface area (Å²) in [7, 11) is -1.72. The van der Waals surface area contributed by atoms with Gasteiger partial charge in [0, 0.05) is 18.2 Å². The van der Waals surface area contributed by atoms with Gasteiger partial charge in [-0.1, -0.05) is 6.07 Å². The Hall–Kier alpha value is -2.74. The van der Waals surface area contributed by atoms with Gasteiger partial charge in [-0.3, -0.25) is 9.10 Å².